The lowest BCUT2D eigenvalue weighted by atomic mass is 9.92. The van der Waals surface area contributed by atoms with Gasteiger partial charge in [-0.15, -0.1) is 0 Å². The number of nitrogens with one attached hydrogen (secondary N) is 3. The summed E-state index contributed by atoms with van der Waals surface area (Å²) in [5.74, 6) is -0.378. The Hall–Kier alpha value is -5.15. The first-order valence-electron chi connectivity index (χ1n) is 15.8. The molecule has 1 aromatic heterocycles. The minimum atomic E-state index is -4.60. The number of rotatable bonds is 14. The number of esters is 1. The summed E-state index contributed by atoms with van der Waals surface area (Å²) in [7, 11) is 0. The molecule has 2 aromatic rings. The van der Waals surface area contributed by atoms with Gasteiger partial charge in [-0.2, -0.15) is 18.2 Å². The third-order valence-corrected chi connectivity index (χ3v) is 7.24. The van der Waals surface area contributed by atoms with E-state index in [2.05, 4.69) is 25.6 Å². The van der Waals surface area contributed by atoms with Crippen LogP contribution >= 0.6 is 0 Å². The van der Waals surface area contributed by atoms with Crippen LogP contribution in [0.1, 0.15) is 77.7 Å². The third-order valence-electron chi connectivity index (χ3n) is 7.24. The number of carbonyl (C=O) groups is 3. The van der Waals surface area contributed by atoms with Crippen LogP contribution in [-0.2, 0) is 31.8 Å². The van der Waals surface area contributed by atoms with Gasteiger partial charge in [-0.1, -0.05) is 33.3 Å². The monoisotopic (exact) mass is 685 g/mol. The maximum absolute atomic E-state index is 13.3. The van der Waals surface area contributed by atoms with Crippen molar-refractivity contribution in [2.45, 2.75) is 84.9 Å². The van der Waals surface area contributed by atoms with E-state index in [9.17, 15) is 37.1 Å². The maximum atomic E-state index is 13.3. The van der Waals surface area contributed by atoms with Crippen molar-refractivity contribution in [2.75, 3.05) is 17.2 Å². The summed E-state index contributed by atoms with van der Waals surface area (Å²) in [6.45, 7) is 6.28. The smallest absolute Gasteiger partial charge is 0.416 e. The van der Waals surface area contributed by atoms with E-state index in [-0.39, 0.29) is 72.5 Å². The Morgan fingerprint density at radius 1 is 0.857 bits per heavy atom. The zero-order valence-electron chi connectivity index (χ0n) is 27.4. The number of fused-ring (bicyclic) bond motifs is 2. The zero-order valence-corrected chi connectivity index (χ0v) is 27.4. The molecule has 1 aromatic carbocycles. The lowest BCUT2D eigenvalue weighted by molar-refractivity contribution is -0.144. The van der Waals surface area contributed by atoms with Gasteiger partial charge in [0.15, 0.2) is 11.5 Å². The van der Waals surface area contributed by atoms with E-state index in [1.807, 2.05) is 25.8 Å². The topological polar surface area (TPSA) is 178 Å². The molecule has 16 heteroatoms. The molecule has 2 aliphatic heterocycles. The number of amides is 2. The molecular formula is C33H38F3N7O6. The third kappa shape index (κ3) is 10.9. The molecule has 0 saturated carbocycles. The predicted octanol–water partition coefficient (Wildman–Crippen LogP) is 5.29. The lowest BCUT2D eigenvalue weighted by Gasteiger charge is -2.17. The van der Waals surface area contributed by atoms with Crippen molar-refractivity contribution in [1.82, 2.24) is 24.5 Å². The van der Waals surface area contributed by atoms with Crippen LogP contribution in [0.2, 0.25) is 0 Å². The first-order valence-corrected chi connectivity index (χ1v) is 15.8. The summed E-state index contributed by atoms with van der Waals surface area (Å²) >= 11 is 0. The summed E-state index contributed by atoms with van der Waals surface area (Å²) in [4.78, 5) is 75.0. The van der Waals surface area contributed by atoms with Crippen molar-refractivity contribution in [3.05, 3.63) is 62.8 Å². The standard InChI is InChI=1S/C33H38F3N7O6/c1-32(2,3)19-26(45)40-24-11-8-10-23(38-24)39-25(44)12-9-13-27(46)49-17-7-5-4-6-16-43-22-15-14-20(33(34,35)36)18-21(22)37-28-29(43)41-31(48)42-30(28)47/h8,10-11,14-15,18H,4-7,9,12-13,16-17,19H2,1-3H3,(H,42,47,48)(H2,38,39,40,44,45). The molecule has 49 heavy (non-hydrogen) atoms. The van der Waals surface area contributed by atoms with Gasteiger partial charge in [0.2, 0.25) is 11.8 Å². The fourth-order valence-electron chi connectivity index (χ4n) is 5.03. The number of hydrogen-bond acceptors (Lipinski definition) is 9. The van der Waals surface area contributed by atoms with Gasteiger partial charge in [0.25, 0.3) is 5.56 Å². The van der Waals surface area contributed by atoms with Gasteiger partial charge in [0, 0.05) is 25.8 Å². The van der Waals surface area contributed by atoms with Gasteiger partial charge < -0.3 is 19.9 Å². The van der Waals surface area contributed by atoms with Crippen molar-refractivity contribution in [3.8, 4) is 11.5 Å². The van der Waals surface area contributed by atoms with Gasteiger partial charge in [-0.25, -0.2) is 14.8 Å². The number of pyridine rings is 1. The van der Waals surface area contributed by atoms with Crippen molar-refractivity contribution in [2.24, 2.45) is 5.41 Å². The SMILES string of the molecule is CC(C)(C)CC(=O)Nc1cccc(NC(=O)CCCC(=O)OCCCCCCn2c3nc(=O)[nH]c(=O)c-3nc3cc(C(F)(F)F)ccc32)n1. The van der Waals surface area contributed by atoms with Crippen molar-refractivity contribution < 1.29 is 32.3 Å². The largest absolute Gasteiger partial charge is 0.466 e. The summed E-state index contributed by atoms with van der Waals surface area (Å²) in [6, 6.07) is 7.88. The molecule has 4 rings (SSSR count). The van der Waals surface area contributed by atoms with Crippen LogP contribution in [0.3, 0.4) is 0 Å². The Morgan fingerprint density at radius 2 is 1.55 bits per heavy atom. The second-order valence-corrected chi connectivity index (χ2v) is 12.7. The quantitative estimate of drug-likeness (QED) is 0.0904. The number of anilines is 2. The Kier molecular flexibility index (Phi) is 11.9. The maximum Gasteiger partial charge on any atom is 0.416 e. The molecule has 13 nitrogen and oxygen atoms in total. The molecule has 0 radical (unpaired) electrons. The summed E-state index contributed by atoms with van der Waals surface area (Å²) in [5.41, 5.74) is -2.82. The molecule has 0 spiro atoms. The highest BCUT2D eigenvalue weighted by atomic mass is 19.4. The number of halogens is 3. The number of aromatic amines is 1. The average Bonchev–Trinajstić information content (AvgIpc) is 2.99. The number of aromatic nitrogens is 5. The molecular weight excluding hydrogens is 647 g/mol. The molecule has 3 N–H and O–H groups in total. The molecule has 0 aliphatic carbocycles. The van der Waals surface area contributed by atoms with Crippen LogP contribution in [0.15, 0.2) is 46.0 Å². The zero-order chi connectivity index (χ0) is 35.8. The highest BCUT2D eigenvalue weighted by Crippen LogP contribution is 2.32. The number of carbonyl (C=O) groups excluding carboxylic acids is 3. The van der Waals surface area contributed by atoms with Crippen LogP contribution in [0, 0.1) is 5.41 Å². The van der Waals surface area contributed by atoms with E-state index in [0.29, 0.717) is 43.4 Å². The Balaban J connectivity index is 1.18. The highest BCUT2D eigenvalue weighted by Gasteiger charge is 2.31. The number of H-pyrrole nitrogens is 1. The Bertz CT molecular complexity index is 1900. The highest BCUT2D eigenvalue weighted by molar-refractivity contribution is 5.92. The number of nitrogens with zero attached hydrogens (tertiary/aromatic N) is 4. The van der Waals surface area contributed by atoms with Gasteiger partial charge in [-0.3, -0.25) is 24.2 Å². The molecule has 0 unspecified atom stereocenters. The number of ether oxygens (including phenoxy) is 1. The van der Waals surface area contributed by atoms with E-state index in [1.54, 1.807) is 18.2 Å². The number of benzene rings is 1. The first-order chi connectivity index (χ1) is 23.1. The average molecular weight is 686 g/mol. The summed E-state index contributed by atoms with van der Waals surface area (Å²) < 4.78 is 46.6. The van der Waals surface area contributed by atoms with Crippen LogP contribution in [-0.4, -0.2) is 48.9 Å². The molecule has 0 saturated heterocycles. The van der Waals surface area contributed by atoms with Crippen molar-refractivity contribution in [3.63, 3.8) is 0 Å². The molecule has 262 valence electrons. The molecule has 2 aliphatic rings. The van der Waals surface area contributed by atoms with E-state index >= 15 is 0 Å². The Morgan fingerprint density at radius 3 is 2.24 bits per heavy atom. The van der Waals surface area contributed by atoms with Gasteiger partial charge in [0.05, 0.1) is 23.2 Å². The first kappa shape index (κ1) is 36.7. The second-order valence-electron chi connectivity index (χ2n) is 12.7. The number of alkyl halides is 3. The van der Waals surface area contributed by atoms with Crippen molar-refractivity contribution in [1.29, 1.82) is 0 Å². The van der Waals surface area contributed by atoms with Crippen LogP contribution in [0.25, 0.3) is 22.6 Å². The predicted molar refractivity (Wildman–Crippen MR) is 175 cm³/mol. The molecule has 0 bridgehead atoms. The minimum Gasteiger partial charge on any atom is -0.466 e. The van der Waals surface area contributed by atoms with E-state index in [4.69, 9.17) is 4.74 Å². The van der Waals surface area contributed by atoms with E-state index in [0.717, 1.165) is 12.1 Å². The minimum absolute atomic E-state index is 0.0199. The van der Waals surface area contributed by atoms with Gasteiger partial charge in [-0.05, 0) is 61.4 Å². The fraction of sp³-hybridized carbons (Fsp3) is 0.455. The Labute approximate surface area is 279 Å². The fourth-order valence-corrected chi connectivity index (χ4v) is 5.03. The van der Waals surface area contributed by atoms with E-state index < -0.39 is 29.0 Å². The normalized spacial score (nSPS) is 11.9. The van der Waals surface area contributed by atoms with Gasteiger partial charge >= 0.3 is 17.8 Å². The molecule has 0 atom stereocenters. The van der Waals surface area contributed by atoms with Crippen LogP contribution in [0.4, 0.5) is 24.8 Å². The second kappa shape index (κ2) is 15.8. The molecule has 0 fully saturated rings. The number of unbranched alkanes of at least 4 members (excludes halogenated alkanes) is 3. The number of aryl methyl sites for hydroxylation is 1. The molecule has 2 amide bonds. The summed E-state index contributed by atoms with van der Waals surface area (Å²) in [5, 5.41) is 5.37. The van der Waals surface area contributed by atoms with Crippen LogP contribution in [0.5, 0.6) is 0 Å². The van der Waals surface area contributed by atoms with Gasteiger partial charge in [0.1, 0.15) is 11.6 Å². The summed E-state index contributed by atoms with van der Waals surface area (Å²) in [6.07, 6.45) is -1.49. The van der Waals surface area contributed by atoms with E-state index in [1.165, 1.54) is 10.6 Å². The number of hydrogen-bond donors (Lipinski definition) is 3. The molecule has 3 heterocycles. The van der Waals surface area contributed by atoms with Crippen molar-refractivity contribution >= 4 is 40.5 Å². The van der Waals surface area contributed by atoms with Crippen LogP contribution < -0.4 is 21.9 Å². The lowest BCUT2D eigenvalue weighted by Crippen LogP contribution is -2.29.